The van der Waals surface area contributed by atoms with Gasteiger partial charge in [0.2, 0.25) is 0 Å². The molecule has 8 heteroatoms. The predicted molar refractivity (Wildman–Crippen MR) is 125 cm³/mol. The van der Waals surface area contributed by atoms with E-state index in [9.17, 15) is 5.11 Å². The lowest BCUT2D eigenvalue weighted by molar-refractivity contribution is 0.0893. The number of benzene rings is 2. The van der Waals surface area contributed by atoms with Crippen LogP contribution in [-0.2, 0) is 0 Å². The summed E-state index contributed by atoms with van der Waals surface area (Å²) >= 11 is 0. The first-order valence-electron chi connectivity index (χ1n) is 10.8. The van der Waals surface area contributed by atoms with E-state index in [1.807, 2.05) is 47.3 Å². The SMILES string of the molecule is CCC1C(O)CN1c1ccc(Nc2nc(-c3ccc4cn[nH]c4c3)cn3ccnc23)cc1. The van der Waals surface area contributed by atoms with Gasteiger partial charge in [0, 0.05) is 47.5 Å². The zero-order chi connectivity index (χ0) is 21.7. The van der Waals surface area contributed by atoms with Crippen molar-refractivity contribution < 1.29 is 5.11 Å². The zero-order valence-corrected chi connectivity index (χ0v) is 17.6. The maximum atomic E-state index is 9.96. The summed E-state index contributed by atoms with van der Waals surface area (Å²) in [5, 5.41) is 21.6. The lowest BCUT2D eigenvalue weighted by atomic mass is 9.96. The van der Waals surface area contributed by atoms with Crippen LogP contribution in [0.3, 0.4) is 0 Å². The molecule has 8 nitrogen and oxygen atoms in total. The molecule has 2 aromatic carbocycles. The highest BCUT2D eigenvalue weighted by Gasteiger charge is 2.35. The van der Waals surface area contributed by atoms with E-state index in [-0.39, 0.29) is 12.1 Å². The van der Waals surface area contributed by atoms with Gasteiger partial charge in [-0.05, 0) is 36.8 Å². The van der Waals surface area contributed by atoms with Crippen molar-refractivity contribution in [2.24, 2.45) is 0 Å². The van der Waals surface area contributed by atoms with Crippen LogP contribution in [-0.4, -0.2) is 48.4 Å². The standard InChI is InChI=1S/C24H23N7O/c1-2-21-22(32)14-31(21)18-7-5-17(6-8-18)27-23-24-25-9-10-30(24)13-20(28-23)15-3-4-16-12-26-29-19(16)11-15/h3-13,21-22,32H,2,14H2,1H3,(H,26,29)(H,27,28). The van der Waals surface area contributed by atoms with Gasteiger partial charge in [0.1, 0.15) is 0 Å². The van der Waals surface area contributed by atoms with E-state index in [2.05, 4.69) is 50.5 Å². The number of aromatic amines is 1. The molecule has 0 amide bonds. The van der Waals surface area contributed by atoms with Crippen molar-refractivity contribution in [1.29, 1.82) is 0 Å². The fraction of sp³-hybridized carbons (Fsp3) is 0.208. The molecule has 2 unspecified atom stereocenters. The first kappa shape index (κ1) is 18.8. The molecule has 1 saturated heterocycles. The molecule has 0 bridgehead atoms. The highest BCUT2D eigenvalue weighted by molar-refractivity contribution is 5.84. The first-order valence-corrected chi connectivity index (χ1v) is 10.8. The van der Waals surface area contributed by atoms with E-state index < -0.39 is 0 Å². The number of imidazole rings is 1. The van der Waals surface area contributed by atoms with Crippen LogP contribution in [0.25, 0.3) is 27.8 Å². The number of nitrogens with zero attached hydrogens (tertiary/aromatic N) is 5. The molecule has 0 radical (unpaired) electrons. The van der Waals surface area contributed by atoms with Crippen LogP contribution in [0.5, 0.6) is 0 Å². The van der Waals surface area contributed by atoms with Crippen LogP contribution in [0.4, 0.5) is 17.2 Å². The minimum atomic E-state index is -0.237. The van der Waals surface area contributed by atoms with Crippen molar-refractivity contribution in [3.63, 3.8) is 0 Å². The third-order valence-electron chi connectivity index (χ3n) is 6.22. The molecule has 5 aromatic rings. The topological polar surface area (TPSA) is 94.4 Å². The number of aromatic nitrogens is 5. The van der Waals surface area contributed by atoms with Crippen LogP contribution in [0.2, 0.25) is 0 Å². The van der Waals surface area contributed by atoms with Gasteiger partial charge in [0.05, 0.1) is 29.6 Å². The van der Waals surface area contributed by atoms with E-state index in [1.54, 1.807) is 6.20 Å². The number of β-amino-alcohol motifs (C(OH)–C–C–N with tert-alkyl or cyclic N) is 1. The highest BCUT2D eigenvalue weighted by Crippen LogP contribution is 2.31. The third kappa shape index (κ3) is 3.07. The minimum Gasteiger partial charge on any atom is -0.389 e. The Morgan fingerprint density at radius 2 is 2.06 bits per heavy atom. The van der Waals surface area contributed by atoms with Crippen LogP contribution in [0.15, 0.2) is 67.3 Å². The average Bonchev–Trinajstić information content (AvgIpc) is 3.47. The van der Waals surface area contributed by atoms with Crippen molar-refractivity contribution in [3.8, 4) is 11.3 Å². The Balaban J connectivity index is 1.32. The quantitative estimate of drug-likeness (QED) is 0.394. The molecule has 0 aliphatic carbocycles. The fourth-order valence-electron chi connectivity index (χ4n) is 4.44. The van der Waals surface area contributed by atoms with Crippen LogP contribution < -0.4 is 10.2 Å². The van der Waals surface area contributed by atoms with Gasteiger partial charge >= 0.3 is 0 Å². The molecule has 160 valence electrons. The molecular weight excluding hydrogens is 402 g/mol. The summed E-state index contributed by atoms with van der Waals surface area (Å²) < 4.78 is 1.98. The molecule has 3 aromatic heterocycles. The third-order valence-corrected chi connectivity index (χ3v) is 6.22. The molecule has 1 aliphatic rings. The summed E-state index contributed by atoms with van der Waals surface area (Å²) in [5.74, 6) is 0.691. The summed E-state index contributed by atoms with van der Waals surface area (Å²) in [7, 11) is 0. The Hall–Kier alpha value is -3.91. The molecule has 0 saturated carbocycles. The number of nitrogens with one attached hydrogen (secondary N) is 2. The van der Waals surface area contributed by atoms with E-state index in [1.165, 1.54) is 0 Å². The summed E-state index contributed by atoms with van der Waals surface area (Å²) in [5.41, 5.74) is 5.62. The van der Waals surface area contributed by atoms with Gasteiger partial charge in [-0.1, -0.05) is 19.1 Å². The van der Waals surface area contributed by atoms with E-state index in [0.717, 1.165) is 45.6 Å². The molecule has 4 heterocycles. The Labute approximate surface area is 184 Å². The minimum absolute atomic E-state index is 0.198. The van der Waals surface area contributed by atoms with Crippen molar-refractivity contribution in [2.75, 3.05) is 16.8 Å². The smallest absolute Gasteiger partial charge is 0.180 e. The molecule has 0 spiro atoms. The number of rotatable bonds is 5. The molecule has 6 rings (SSSR count). The van der Waals surface area contributed by atoms with Gasteiger partial charge in [0.15, 0.2) is 11.5 Å². The fourth-order valence-corrected chi connectivity index (χ4v) is 4.44. The molecule has 3 N–H and O–H groups in total. The predicted octanol–water partition coefficient (Wildman–Crippen LogP) is 3.98. The van der Waals surface area contributed by atoms with Gasteiger partial charge in [-0.3, -0.25) is 5.10 Å². The number of fused-ring (bicyclic) bond motifs is 2. The first-order chi connectivity index (χ1) is 15.7. The Kier molecular flexibility index (Phi) is 4.32. The Morgan fingerprint density at radius 1 is 1.19 bits per heavy atom. The maximum Gasteiger partial charge on any atom is 0.180 e. The second kappa shape index (κ2) is 7.35. The summed E-state index contributed by atoms with van der Waals surface area (Å²) in [6, 6.07) is 14.6. The van der Waals surface area contributed by atoms with Crippen LogP contribution in [0, 0.1) is 0 Å². The number of aliphatic hydroxyl groups excluding tert-OH is 1. The molecule has 1 aliphatic heterocycles. The van der Waals surface area contributed by atoms with Crippen molar-refractivity contribution in [2.45, 2.75) is 25.5 Å². The van der Waals surface area contributed by atoms with Gasteiger partial charge in [-0.25, -0.2) is 9.97 Å². The second-order valence-electron chi connectivity index (χ2n) is 8.17. The zero-order valence-electron chi connectivity index (χ0n) is 17.6. The number of H-pyrrole nitrogens is 1. The number of aliphatic hydroxyl groups is 1. The molecular formula is C24H23N7O. The molecule has 2 atom stereocenters. The number of anilines is 3. The van der Waals surface area contributed by atoms with Gasteiger partial charge in [-0.15, -0.1) is 0 Å². The second-order valence-corrected chi connectivity index (χ2v) is 8.17. The van der Waals surface area contributed by atoms with E-state index in [4.69, 9.17) is 4.98 Å². The normalized spacial score (nSPS) is 18.2. The lowest BCUT2D eigenvalue weighted by Crippen LogP contribution is -2.60. The lowest BCUT2D eigenvalue weighted by Gasteiger charge is -2.46. The van der Waals surface area contributed by atoms with E-state index in [0.29, 0.717) is 12.4 Å². The van der Waals surface area contributed by atoms with Gasteiger partial charge in [0.25, 0.3) is 0 Å². The molecule has 1 fully saturated rings. The Bertz CT molecular complexity index is 1410. The van der Waals surface area contributed by atoms with Gasteiger partial charge in [-0.2, -0.15) is 5.10 Å². The largest absolute Gasteiger partial charge is 0.389 e. The van der Waals surface area contributed by atoms with E-state index >= 15 is 0 Å². The van der Waals surface area contributed by atoms with Crippen LogP contribution >= 0.6 is 0 Å². The number of hydrogen-bond acceptors (Lipinski definition) is 6. The van der Waals surface area contributed by atoms with Crippen molar-refractivity contribution in [1.82, 2.24) is 24.6 Å². The summed E-state index contributed by atoms with van der Waals surface area (Å²) in [6.45, 7) is 2.79. The van der Waals surface area contributed by atoms with Crippen molar-refractivity contribution >= 4 is 33.7 Å². The average molecular weight is 425 g/mol. The number of hydrogen-bond donors (Lipinski definition) is 3. The monoisotopic (exact) mass is 425 g/mol. The highest BCUT2D eigenvalue weighted by atomic mass is 16.3. The Morgan fingerprint density at radius 3 is 2.88 bits per heavy atom. The summed E-state index contributed by atoms with van der Waals surface area (Å²) in [4.78, 5) is 11.6. The maximum absolute atomic E-state index is 9.96. The molecule has 32 heavy (non-hydrogen) atoms. The summed E-state index contributed by atoms with van der Waals surface area (Å²) in [6.07, 6.45) is 8.18. The van der Waals surface area contributed by atoms with Gasteiger partial charge < -0.3 is 19.7 Å². The van der Waals surface area contributed by atoms with Crippen LogP contribution in [0.1, 0.15) is 13.3 Å². The van der Waals surface area contributed by atoms with Crippen molar-refractivity contribution in [3.05, 3.63) is 67.3 Å².